The van der Waals surface area contributed by atoms with Crippen molar-refractivity contribution in [3.05, 3.63) is 30.1 Å². The third kappa shape index (κ3) is 4.10. The van der Waals surface area contributed by atoms with Gasteiger partial charge in [-0.05, 0) is 31.9 Å². The van der Waals surface area contributed by atoms with Gasteiger partial charge >= 0.3 is 0 Å². The van der Waals surface area contributed by atoms with E-state index in [1.54, 1.807) is 6.20 Å². The lowest BCUT2D eigenvalue weighted by Crippen LogP contribution is -2.43. The predicted octanol–water partition coefficient (Wildman–Crippen LogP) is 2.53. The highest BCUT2D eigenvalue weighted by Gasteiger charge is 2.27. The number of rotatable bonds is 6. The Morgan fingerprint density at radius 3 is 2.65 bits per heavy atom. The van der Waals surface area contributed by atoms with Crippen molar-refractivity contribution in [3.8, 4) is 0 Å². The second-order valence-corrected chi connectivity index (χ2v) is 5.02. The summed E-state index contributed by atoms with van der Waals surface area (Å²) in [5, 5.41) is 13.6. The monoisotopic (exact) mass is 236 g/mol. The van der Waals surface area contributed by atoms with Gasteiger partial charge in [0, 0.05) is 18.8 Å². The Morgan fingerprint density at radius 2 is 2.12 bits per heavy atom. The van der Waals surface area contributed by atoms with Crippen LogP contribution < -0.4 is 5.32 Å². The van der Waals surface area contributed by atoms with Gasteiger partial charge in [-0.25, -0.2) is 0 Å². The van der Waals surface area contributed by atoms with E-state index in [1.807, 2.05) is 25.1 Å². The van der Waals surface area contributed by atoms with Gasteiger partial charge in [-0.2, -0.15) is 0 Å². The lowest BCUT2D eigenvalue weighted by atomic mass is 9.88. The van der Waals surface area contributed by atoms with E-state index in [-0.39, 0.29) is 12.0 Å². The highest BCUT2D eigenvalue weighted by atomic mass is 16.3. The van der Waals surface area contributed by atoms with Gasteiger partial charge in [0.15, 0.2) is 0 Å². The van der Waals surface area contributed by atoms with E-state index in [0.29, 0.717) is 6.54 Å². The fourth-order valence-electron chi connectivity index (χ4n) is 1.71. The molecule has 0 aliphatic rings. The maximum atomic E-state index is 10.3. The molecule has 17 heavy (non-hydrogen) atoms. The number of aliphatic hydroxyl groups is 1. The number of pyridine rings is 1. The van der Waals surface area contributed by atoms with E-state index >= 15 is 0 Å². The maximum absolute atomic E-state index is 10.3. The summed E-state index contributed by atoms with van der Waals surface area (Å²) in [5.74, 6) is 0.283. The van der Waals surface area contributed by atoms with Crippen molar-refractivity contribution in [2.24, 2.45) is 5.92 Å². The Kier molecular flexibility index (Phi) is 5.09. The summed E-state index contributed by atoms with van der Waals surface area (Å²) in [5.41, 5.74) is 0.338. The van der Waals surface area contributed by atoms with Crippen molar-refractivity contribution in [2.45, 2.75) is 45.8 Å². The minimum absolute atomic E-state index is 0.159. The average molecular weight is 236 g/mol. The zero-order chi connectivity index (χ0) is 12.9. The van der Waals surface area contributed by atoms with Gasteiger partial charge in [-0.1, -0.05) is 26.3 Å². The zero-order valence-electron chi connectivity index (χ0n) is 11.3. The molecule has 0 amide bonds. The fraction of sp³-hybridized carbons (Fsp3) is 0.643. The van der Waals surface area contributed by atoms with Crippen molar-refractivity contribution in [1.29, 1.82) is 0 Å². The van der Waals surface area contributed by atoms with Gasteiger partial charge < -0.3 is 10.4 Å². The van der Waals surface area contributed by atoms with Gasteiger partial charge in [0.1, 0.15) is 0 Å². The molecule has 0 bridgehead atoms. The molecule has 1 aromatic heterocycles. The molecular formula is C14H24N2O. The molecule has 0 saturated heterocycles. The lowest BCUT2D eigenvalue weighted by molar-refractivity contribution is 0.00356. The maximum Gasteiger partial charge on any atom is 0.0769 e. The third-order valence-corrected chi connectivity index (χ3v) is 3.57. The topological polar surface area (TPSA) is 45.1 Å². The summed E-state index contributed by atoms with van der Waals surface area (Å²) in [6.07, 6.45) is 2.77. The molecule has 1 aromatic rings. The first kappa shape index (κ1) is 14.1. The van der Waals surface area contributed by atoms with Crippen LogP contribution in [-0.2, 0) is 0 Å². The van der Waals surface area contributed by atoms with Crippen molar-refractivity contribution in [2.75, 3.05) is 6.54 Å². The molecule has 1 heterocycles. The van der Waals surface area contributed by atoms with Crippen LogP contribution in [0.3, 0.4) is 0 Å². The summed E-state index contributed by atoms with van der Waals surface area (Å²) in [7, 11) is 0. The number of hydrogen-bond acceptors (Lipinski definition) is 3. The van der Waals surface area contributed by atoms with E-state index < -0.39 is 5.60 Å². The number of aromatic nitrogens is 1. The van der Waals surface area contributed by atoms with Gasteiger partial charge in [-0.15, -0.1) is 0 Å². The van der Waals surface area contributed by atoms with Crippen LogP contribution >= 0.6 is 0 Å². The van der Waals surface area contributed by atoms with Crippen LogP contribution in [0.25, 0.3) is 0 Å². The Labute approximate surface area is 104 Å². The molecule has 0 radical (unpaired) electrons. The second-order valence-electron chi connectivity index (χ2n) is 5.02. The summed E-state index contributed by atoms with van der Waals surface area (Å²) in [4.78, 5) is 4.30. The molecule has 0 aromatic carbocycles. The minimum Gasteiger partial charge on any atom is -0.389 e. The minimum atomic E-state index is -0.669. The van der Waals surface area contributed by atoms with Gasteiger partial charge in [-0.3, -0.25) is 4.98 Å². The van der Waals surface area contributed by atoms with Crippen molar-refractivity contribution in [3.63, 3.8) is 0 Å². The molecule has 0 saturated carbocycles. The van der Waals surface area contributed by atoms with Crippen LogP contribution in [0, 0.1) is 5.92 Å². The summed E-state index contributed by atoms with van der Waals surface area (Å²) in [6.45, 7) is 8.71. The zero-order valence-corrected chi connectivity index (χ0v) is 11.3. The first-order valence-electron chi connectivity index (χ1n) is 6.34. The average Bonchev–Trinajstić information content (AvgIpc) is 2.36. The highest BCUT2D eigenvalue weighted by Crippen LogP contribution is 2.20. The van der Waals surface area contributed by atoms with Crippen molar-refractivity contribution < 1.29 is 5.11 Å². The molecule has 0 aliphatic heterocycles. The van der Waals surface area contributed by atoms with Crippen LogP contribution in [0.5, 0.6) is 0 Å². The molecule has 3 atom stereocenters. The molecule has 0 fully saturated rings. The Balaban J connectivity index is 2.51. The molecule has 96 valence electrons. The van der Waals surface area contributed by atoms with Crippen molar-refractivity contribution >= 4 is 0 Å². The normalized spacial score (nSPS) is 18.4. The summed E-state index contributed by atoms with van der Waals surface area (Å²) in [6, 6.07) is 6.04. The first-order chi connectivity index (χ1) is 7.97. The van der Waals surface area contributed by atoms with Crippen LogP contribution in [0.4, 0.5) is 0 Å². The molecular weight excluding hydrogens is 212 g/mol. The fourth-order valence-corrected chi connectivity index (χ4v) is 1.71. The van der Waals surface area contributed by atoms with Crippen LogP contribution in [0.2, 0.25) is 0 Å². The Morgan fingerprint density at radius 1 is 1.41 bits per heavy atom. The first-order valence-corrected chi connectivity index (χ1v) is 6.34. The SMILES string of the molecule is CCC(C)C(C)(O)CNC(C)c1ccccn1. The Bertz CT molecular complexity index is 324. The number of hydrogen-bond donors (Lipinski definition) is 2. The van der Waals surface area contributed by atoms with E-state index in [1.165, 1.54) is 0 Å². The summed E-state index contributed by atoms with van der Waals surface area (Å²) >= 11 is 0. The van der Waals surface area contributed by atoms with Gasteiger partial charge in [0.05, 0.1) is 11.3 Å². The van der Waals surface area contributed by atoms with Crippen molar-refractivity contribution in [1.82, 2.24) is 10.3 Å². The number of nitrogens with zero attached hydrogens (tertiary/aromatic N) is 1. The molecule has 3 heteroatoms. The van der Waals surface area contributed by atoms with Crippen LogP contribution in [-0.4, -0.2) is 22.2 Å². The number of nitrogens with one attached hydrogen (secondary N) is 1. The molecule has 3 unspecified atom stereocenters. The summed E-state index contributed by atoms with van der Waals surface area (Å²) < 4.78 is 0. The largest absolute Gasteiger partial charge is 0.389 e. The van der Waals surface area contributed by atoms with E-state index in [2.05, 4.69) is 31.1 Å². The van der Waals surface area contributed by atoms with Crippen LogP contribution in [0.15, 0.2) is 24.4 Å². The van der Waals surface area contributed by atoms with E-state index in [9.17, 15) is 5.11 Å². The molecule has 0 spiro atoms. The van der Waals surface area contributed by atoms with Gasteiger partial charge in [0.2, 0.25) is 0 Å². The van der Waals surface area contributed by atoms with Gasteiger partial charge in [0.25, 0.3) is 0 Å². The highest BCUT2D eigenvalue weighted by molar-refractivity contribution is 5.07. The molecule has 2 N–H and O–H groups in total. The molecule has 3 nitrogen and oxygen atoms in total. The molecule has 0 aliphatic carbocycles. The molecule has 1 rings (SSSR count). The Hall–Kier alpha value is -0.930. The standard InChI is InChI=1S/C14H24N2O/c1-5-11(2)14(4,17)10-16-12(3)13-8-6-7-9-15-13/h6-9,11-12,16-17H,5,10H2,1-4H3. The van der Waals surface area contributed by atoms with E-state index in [0.717, 1.165) is 12.1 Å². The second kappa shape index (κ2) is 6.12. The van der Waals surface area contributed by atoms with Crippen LogP contribution in [0.1, 0.15) is 45.9 Å². The van der Waals surface area contributed by atoms with E-state index in [4.69, 9.17) is 0 Å². The quantitative estimate of drug-likeness (QED) is 0.798. The lowest BCUT2D eigenvalue weighted by Gasteiger charge is -2.31. The third-order valence-electron chi connectivity index (χ3n) is 3.57. The predicted molar refractivity (Wildman–Crippen MR) is 70.7 cm³/mol. The smallest absolute Gasteiger partial charge is 0.0769 e.